The van der Waals surface area contributed by atoms with Crippen LogP contribution in [-0.4, -0.2) is 10.1 Å². The molecule has 0 aromatic heterocycles. The lowest BCUT2D eigenvalue weighted by Gasteiger charge is -2.32. The number of alkyl halides is 1. The Labute approximate surface area is 82.4 Å². The highest BCUT2D eigenvalue weighted by molar-refractivity contribution is 6.70. The van der Waals surface area contributed by atoms with Crippen molar-refractivity contribution in [3.8, 4) is 0 Å². The lowest BCUT2D eigenvalue weighted by atomic mass is 9.81. The van der Waals surface area contributed by atoms with Crippen LogP contribution in [0.1, 0.15) is 32.1 Å². The zero-order chi connectivity index (χ0) is 8.77. The maximum atomic E-state index is 11.1. The van der Waals surface area contributed by atoms with Gasteiger partial charge in [-0.05, 0) is 42.7 Å². The Morgan fingerprint density at radius 3 is 2.17 bits per heavy atom. The molecule has 3 heteroatoms. The van der Waals surface area contributed by atoms with Crippen molar-refractivity contribution in [2.45, 2.75) is 37.0 Å². The molecule has 2 saturated carbocycles. The number of carbonyl (C=O) groups excluding carboxylic acids is 1. The molecule has 0 heterocycles. The van der Waals surface area contributed by atoms with Crippen molar-refractivity contribution in [3.05, 3.63) is 0 Å². The molecule has 0 saturated heterocycles. The second kappa shape index (κ2) is 2.88. The van der Waals surface area contributed by atoms with Crippen molar-refractivity contribution < 1.29 is 4.79 Å². The molecule has 0 aromatic rings. The summed E-state index contributed by atoms with van der Waals surface area (Å²) in [4.78, 5) is 10.4. The molecule has 2 rings (SSSR count). The molecule has 12 heavy (non-hydrogen) atoms. The van der Waals surface area contributed by atoms with Crippen LogP contribution >= 0.6 is 23.2 Å². The fourth-order valence-electron chi connectivity index (χ4n) is 2.71. The van der Waals surface area contributed by atoms with Crippen LogP contribution in [0.15, 0.2) is 0 Å². The fraction of sp³-hybridized carbons (Fsp3) is 0.889. The third-order valence-electron chi connectivity index (χ3n) is 3.23. The minimum Gasteiger partial charge on any atom is -0.279 e. The van der Waals surface area contributed by atoms with E-state index in [0.29, 0.717) is 11.8 Å². The molecule has 2 fully saturated rings. The average Bonchev–Trinajstić information content (AvgIpc) is 2.30. The lowest BCUT2D eigenvalue weighted by Crippen LogP contribution is -2.36. The third kappa shape index (κ3) is 1.38. The van der Waals surface area contributed by atoms with Gasteiger partial charge in [0.1, 0.15) is 4.87 Å². The summed E-state index contributed by atoms with van der Waals surface area (Å²) < 4.78 is 0. The van der Waals surface area contributed by atoms with Crippen LogP contribution in [0.3, 0.4) is 0 Å². The molecular formula is C9H12Cl2O. The first-order valence-electron chi connectivity index (χ1n) is 4.49. The van der Waals surface area contributed by atoms with Gasteiger partial charge in [-0.25, -0.2) is 0 Å². The predicted molar refractivity (Wildman–Crippen MR) is 49.5 cm³/mol. The van der Waals surface area contributed by atoms with Crippen LogP contribution in [0.4, 0.5) is 0 Å². The quantitative estimate of drug-likeness (QED) is 0.477. The van der Waals surface area contributed by atoms with Gasteiger partial charge in [-0.1, -0.05) is 12.8 Å². The number of fused-ring (bicyclic) bond motifs is 2. The molecular weight excluding hydrogens is 195 g/mol. The van der Waals surface area contributed by atoms with Crippen LogP contribution in [-0.2, 0) is 4.79 Å². The van der Waals surface area contributed by atoms with E-state index in [2.05, 4.69) is 0 Å². The van der Waals surface area contributed by atoms with E-state index in [1.807, 2.05) is 0 Å². The second-order valence-electron chi connectivity index (χ2n) is 4.19. The van der Waals surface area contributed by atoms with Crippen LogP contribution in [0.5, 0.6) is 0 Å². The van der Waals surface area contributed by atoms with Gasteiger partial charge >= 0.3 is 0 Å². The summed E-state index contributed by atoms with van der Waals surface area (Å²) in [6.07, 6.45) is 5.34. The zero-order valence-electron chi connectivity index (χ0n) is 6.85. The Hall–Kier alpha value is 0.250. The highest BCUT2D eigenvalue weighted by Gasteiger charge is 2.46. The minimum atomic E-state index is -0.717. The second-order valence-corrected chi connectivity index (χ2v) is 5.26. The Morgan fingerprint density at radius 2 is 1.75 bits per heavy atom. The summed E-state index contributed by atoms with van der Waals surface area (Å²) in [6.45, 7) is 0. The van der Waals surface area contributed by atoms with Crippen LogP contribution in [0.25, 0.3) is 0 Å². The van der Waals surface area contributed by atoms with E-state index in [0.717, 1.165) is 12.8 Å². The van der Waals surface area contributed by atoms with E-state index in [1.165, 1.54) is 19.3 Å². The summed E-state index contributed by atoms with van der Waals surface area (Å²) in [7, 11) is 0. The molecule has 2 aliphatic rings. The highest BCUT2D eigenvalue weighted by Crippen LogP contribution is 2.49. The van der Waals surface area contributed by atoms with Crippen LogP contribution in [0.2, 0.25) is 0 Å². The standard InChI is InChI=1S/C9H12Cl2O/c10-8(12)9(11)4-6-1-2-7(3-6)5-9/h6-7H,1-5H2. The molecule has 2 atom stereocenters. The topological polar surface area (TPSA) is 17.1 Å². The van der Waals surface area contributed by atoms with Gasteiger partial charge in [0.15, 0.2) is 0 Å². The summed E-state index contributed by atoms with van der Waals surface area (Å²) in [5, 5.41) is -0.347. The summed E-state index contributed by atoms with van der Waals surface area (Å²) in [5.41, 5.74) is 0. The van der Waals surface area contributed by atoms with E-state index in [-0.39, 0.29) is 5.24 Å². The van der Waals surface area contributed by atoms with Crippen molar-refractivity contribution in [3.63, 3.8) is 0 Å². The van der Waals surface area contributed by atoms with Crippen molar-refractivity contribution in [1.29, 1.82) is 0 Å². The maximum absolute atomic E-state index is 11.1. The van der Waals surface area contributed by atoms with Crippen molar-refractivity contribution in [2.24, 2.45) is 11.8 Å². The molecule has 1 nitrogen and oxygen atoms in total. The van der Waals surface area contributed by atoms with Gasteiger partial charge in [0.2, 0.25) is 5.24 Å². The molecule has 0 amide bonds. The molecule has 0 aliphatic heterocycles. The smallest absolute Gasteiger partial charge is 0.242 e. The van der Waals surface area contributed by atoms with Crippen molar-refractivity contribution in [2.75, 3.05) is 0 Å². The number of hydrogen-bond donors (Lipinski definition) is 0. The van der Waals surface area contributed by atoms with Gasteiger partial charge in [0.05, 0.1) is 0 Å². The van der Waals surface area contributed by atoms with E-state index in [9.17, 15) is 4.79 Å². The molecule has 68 valence electrons. The zero-order valence-corrected chi connectivity index (χ0v) is 8.37. The minimum absolute atomic E-state index is 0.347. The van der Waals surface area contributed by atoms with Crippen LogP contribution < -0.4 is 0 Å². The molecule has 2 unspecified atom stereocenters. The fourth-order valence-corrected chi connectivity index (χ4v) is 3.30. The largest absolute Gasteiger partial charge is 0.279 e. The van der Waals surface area contributed by atoms with Gasteiger partial charge in [-0.3, -0.25) is 4.79 Å². The van der Waals surface area contributed by atoms with Gasteiger partial charge in [0.25, 0.3) is 0 Å². The molecule has 2 bridgehead atoms. The Morgan fingerprint density at radius 1 is 1.25 bits per heavy atom. The summed E-state index contributed by atoms with van der Waals surface area (Å²) >= 11 is 11.6. The van der Waals surface area contributed by atoms with Gasteiger partial charge in [-0.15, -0.1) is 11.6 Å². The lowest BCUT2D eigenvalue weighted by molar-refractivity contribution is -0.115. The molecule has 0 aromatic carbocycles. The Balaban J connectivity index is 2.15. The summed E-state index contributed by atoms with van der Waals surface area (Å²) in [5.74, 6) is 1.31. The van der Waals surface area contributed by atoms with E-state index in [1.54, 1.807) is 0 Å². The first kappa shape index (κ1) is 8.83. The predicted octanol–water partition coefficient (Wildman–Crippen LogP) is 2.94. The van der Waals surface area contributed by atoms with E-state index >= 15 is 0 Å². The Bertz CT molecular complexity index is 203. The number of carbonyl (C=O) groups is 1. The monoisotopic (exact) mass is 206 g/mol. The van der Waals surface area contributed by atoms with E-state index < -0.39 is 4.87 Å². The molecule has 2 aliphatic carbocycles. The van der Waals surface area contributed by atoms with Gasteiger partial charge in [0, 0.05) is 0 Å². The number of rotatable bonds is 1. The van der Waals surface area contributed by atoms with Crippen molar-refractivity contribution >= 4 is 28.4 Å². The molecule has 0 N–H and O–H groups in total. The first-order valence-corrected chi connectivity index (χ1v) is 5.24. The average molecular weight is 207 g/mol. The molecule has 0 spiro atoms. The normalized spacial score (nSPS) is 46.2. The van der Waals surface area contributed by atoms with E-state index in [4.69, 9.17) is 23.2 Å². The summed E-state index contributed by atoms with van der Waals surface area (Å²) in [6, 6.07) is 0. The molecule has 0 radical (unpaired) electrons. The van der Waals surface area contributed by atoms with Crippen LogP contribution in [0, 0.1) is 11.8 Å². The SMILES string of the molecule is O=C(Cl)C1(Cl)CC2CCC(C2)C1. The van der Waals surface area contributed by atoms with Crippen molar-refractivity contribution in [1.82, 2.24) is 0 Å². The maximum Gasteiger partial charge on any atom is 0.242 e. The highest BCUT2D eigenvalue weighted by atomic mass is 35.5. The third-order valence-corrected chi connectivity index (χ3v) is 4.17. The first-order chi connectivity index (χ1) is 5.60. The van der Waals surface area contributed by atoms with Gasteiger partial charge < -0.3 is 0 Å². The van der Waals surface area contributed by atoms with Gasteiger partial charge in [-0.2, -0.15) is 0 Å². The number of hydrogen-bond acceptors (Lipinski definition) is 1. The Kier molecular flexibility index (Phi) is 2.12. The number of halogens is 2.